The van der Waals surface area contributed by atoms with E-state index in [-0.39, 0.29) is 11.9 Å². The van der Waals surface area contributed by atoms with E-state index in [0.717, 1.165) is 29.9 Å². The van der Waals surface area contributed by atoms with Gasteiger partial charge >= 0.3 is 0 Å². The van der Waals surface area contributed by atoms with Gasteiger partial charge in [0.2, 0.25) is 0 Å². The first-order chi connectivity index (χ1) is 11.8. The van der Waals surface area contributed by atoms with Gasteiger partial charge in [-0.15, -0.1) is 0 Å². The predicted octanol–water partition coefficient (Wildman–Crippen LogP) is 3.04. The minimum Gasteiger partial charge on any atom is -0.292 e. The summed E-state index contributed by atoms with van der Waals surface area (Å²) >= 11 is 0. The maximum Gasteiger partial charge on any atom is 0.257 e. The molecule has 0 spiro atoms. The van der Waals surface area contributed by atoms with Crippen LogP contribution in [-0.4, -0.2) is 35.7 Å². The Morgan fingerprint density at radius 2 is 1.46 bits per heavy atom. The summed E-state index contributed by atoms with van der Waals surface area (Å²) in [4.78, 5) is 14.6. The van der Waals surface area contributed by atoms with E-state index in [9.17, 15) is 4.79 Å². The summed E-state index contributed by atoms with van der Waals surface area (Å²) in [6.45, 7) is 3.92. The molecule has 1 atom stereocenters. The minimum atomic E-state index is -0.149. The molecule has 1 saturated heterocycles. The maximum atomic E-state index is 12.4. The Labute approximate surface area is 143 Å². The Morgan fingerprint density at radius 1 is 0.958 bits per heavy atom. The second-order valence-corrected chi connectivity index (χ2v) is 6.09. The van der Waals surface area contributed by atoms with Crippen molar-refractivity contribution in [3.05, 3.63) is 71.8 Å². The van der Waals surface area contributed by atoms with Gasteiger partial charge in [0.25, 0.3) is 5.91 Å². The molecule has 3 rings (SSSR count). The molecule has 0 radical (unpaired) electrons. The molecule has 1 amide bonds. The monoisotopic (exact) mass is 321 g/mol. The van der Waals surface area contributed by atoms with Crippen LogP contribution in [0.15, 0.2) is 65.8 Å². The molecule has 1 fully saturated rings. The van der Waals surface area contributed by atoms with Crippen molar-refractivity contribution in [2.45, 2.75) is 25.8 Å². The SMILES string of the molecule is C[C@H](C(=O)NN=C(c1ccccc1)c1ccccc1)N1CCCC1. The number of carbonyl (C=O) groups excluding carboxylic acids is 1. The van der Waals surface area contributed by atoms with Crippen LogP contribution in [0.5, 0.6) is 0 Å². The smallest absolute Gasteiger partial charge is 0.257 e. The number of carbonyl (C=O) groups is 1. The van der Waals surface area contributed by atoms with Gasteiger partial charge in [-0.05, 0) is 32.9 Å². The summed E-state index contributed by atoms with van der Waals surface area (Å²) < 4.78 is 0. The molecule has 0 aromatic heterocycles. The second-order valence-electron chi connectivity index (χ2n) is 6.09. The first-order valence-corrected chi connectivity index (χ1v) is 8.48. The Balaban J connectivity index is 1.80. The van der Waals surface area contributed by atoms with Crippen LogP contribution in [0.1, 0.15) is 30.9 Å². The van der Waals surface area contributed by atoms with E-state index in [0.29, 0.717) is 0 Å². The highest BCUT2D eigenvalue weighted by Gasteiger charge is 2.23. The molecule has 1 aliphatic heterocycles. The lowest BCUT2D eigenvalue weighted by atomic mass is 10.0. The molecule has 2 aromatic rings. The molecule has 4 heteroatoms. The van der Waals surface area contributed by atoms with E-state index in [1.54, 1.807) is 0 Å². The van der Waals surface area contributed by atoms with Crippen LogP contribution < -0.4 is 5.43 Å². The van der Waals surface area contributed by atoms with Crippen LogP contribution in [0.25, 0.3) is 0 Å². The summed E-state index contributed by atoms with van der Waals surface area (Å²) in [5.74, 6) is -0.0544. The van der Waals surface area contributed by atoms with Gasteiger partial charge in [0.15, 0.2) is 0 Å². The standard InChI is InChI=1S/C20H23N3O/c1-16(23-14-8-9-15-23)20(24)22-21-19(17-10-4-2-5-11-17)18-12-6-3-7-13-18/h2-7,10-13,16H,8-9,14-15H2,1H3,(H,22,24)/t16-/m1/s1. The molecule has 1 aliphatic rings. The van der Waals surface area contributed by atoms with Gasteiger partial charge in [-0.2, -0.15) is 5.10 Å². The summed E-state index contributed by atoms with van der Waals surface area (Å²) in [6, 6.07) is 19.7. The summed E-state index contributed by atoms with van der Waals surface area (Å²) in [5, 5.41) is 4.45. The van der Waals surface area contributed by atoms with Crippen molar-refractivity contribution in [3.63, 3.8) is 0 Å². The molecule has 0 unspecified atom stereocenters. The topological polar surface area (TPSA) is 44.7 Å². The Bertz CT molecular complexity index is 650. The zero-order valence-electron chi connectivity index (χ0n) is 14.0. The van der Waals surface area contributed by atoms with Crippen molar-refractivity contribution in [2.75, 3.05) is 13.1 Å². The molecule has 0 bridgehead atoms. The van der Waals surface area contributed by atoms with Gasteiger partial charge in [0.05, 0.1) is 11.8 Å². The van der Waals surface area contributed by atoms with Crippen molar-refractivity contribution in [2.24, 2.45) is 5.10 Å². The van der Waals surface area contributed by atoms with Gasteiger partial charge in [-0.25, -0.2) is 5.43 Å². The van der Waals surface area contributed by atoms with Crippen LogP contribution in [0.4, 0.5) is 0 Å². The Hall–Kier alpha value is -2.46. The molecule has 1 N–H and O–H groups in total. The lowest BCUT2D eigenvalue weighted by Crippen LogP contribution is -2.42. The van der Waals surface area contributed by atoms with Crippen LogP contribution in [0.3, 0.4) is 0 Å². The maximum absolute atomic E-state index is 12.4. The highest BCUT2D eigenvalue weighted by molar-refractivity contribution is 6.13. The molecule has 24 heavy (non-hydrogen) atoms. The van der Waals surface area contributed by atoms with E-state index in [1.165, 1.54) is 12.8 Å². The van der Waals surface area contributed by atoms with Crippen molar-refractivity contribution in [3.8, 4) is 0 Å². The van der Waals surface area contributed by atoms with Crippen molar-refractivity contribution in [1.82, 2.24) is 10.3 Å². The van der Waals surface area contributed by atoms with E-state index in [1.807, 2.05) is 67.6 Å². The number of nitrogens with one attached hydrogen (secondary N) is 1. The largest absolute Gasteiger partial charge is 0.292 e. The number of hydrogen-bond donors (Lipinski definition) is 1. The average molecular weight is 321 g/mol. The number of nitrogens with zero attached hydrogens (tertiary/aromatic N) is 2. The van der Waals surface area contributed by atoms with Crippen molar-refractivity contribution >= 4 is 11.6 Å². The predicted molar refractivity (Wildman–Crippen MR) is 96.9 cm³/mol. The van der Waals surface area contributed by atoms with Gasteiger partial charge in [-0.1, -0.05) is 60.7 Å². The van der Waals surface area contributed by atoms with Crippen LogP contribution in [0, 0.1) is 0 Å². The third kappa shape index (κ3) is 3.89. The number of likely N-dealkylation sites (tertiary alicyclic amines) is 1. The first-order valence-electron chi connectivity index (χ1n) is 8.48. The van der Waals surface area contributed by atoms with Crippen LogP contribution in [-0.2, 0) is 4.79 Å². The number of rotatable bonds is 5. The number of hydrazone groups is 1. The molecular weight excluding hydrogens is 298 g/mol. The molecule has 1 heterocycles. The molecule has 0 aliphatic carbocycles. The molecule has 4 nitrogen and oxygen atoms in total. The van der Waals surface area contributed by atoms with Gasteiger partial charge in [-0.3, -0.25) is 9.69 Å². The van der Waals surface area contributed by atoms with Gasteiger partial charge < -0.3 is 0 Å². The lowest BCUT2D eigenvalue weighted by molar-refractivity contribution is -0.125. The highest BCUT2D eigenvalue weighted by Crippen LogP contribution is 2.13. The zero-order valence-corrected chi connectivity index (χ0v) is 14.0. The first kappa shape index (κ1) is 16.4. The minimum absolute atomic E-state index is 0.0544. The van der Waals surface area contributed by atoms with E-state index < -0.39 is 0 Å². The summed E-state index contributed by atoms with van der Waals surface area (Å²) in [7, 11) is 0. The van der Waals surface area contributed by atoms with Crippen molar-refractivity contribution < 1.29 is 4.79 Å². The third-order valence-electron chi connectivity index (χ3n) is 4.44. The Morgan fingerprint density at radius 3 is 1.96 bits per heavy atom. The van der Waals surface area contributed by atoms with Crippen LogP contribution in [0.2, 0.25) is 0 Å². The average Bonchev–Trinajstić information content (AvgIpc) is 3.17. The number of amides is 1. The van der Waals surface area contributed by atoms with Gasteiger partial charge in [0.1, 0.15) is 0 Å². The van der Waals surface area contributed by atoms with E-state index in [4.69, 9.17) is 0 Å². The van der Waals surface area contributed by atoms with Crippen LogP contribution >= 0.6 is 0 Å². The van der Waals surface area contributed by atoms with Crippen molar-refractivity contribution in [1.29, 1.82) is 0 Å². The van der Waals surface area contributed by atoms with Gasteiger partial charge in [0, 0.05) is 11.1 Å². The lowest BCUT2D eigenvalue weighted by Gasteiger charge is -2.21. The number of benzene rings is 2. The fourth-order valence-electron chi connectivity index (χ4n) is 2.99. The summed E-state index contributed by atoms with van der Waals surface area (Å²) in [5.41, 5.74) is 5.51. The molecular formula is C20H23N3O. The fourth-order valence-corrected chi connectivity index (χ4v) is 2.99. The number of hydrogen-bond acceptors (Lipinski definition) is 3. The van der Waals surface area contributed by atoms with E-state index >= 15 is 0 Å². The third-order valence-corrected chi connectivity index (χ3v) is 4.44. The summed E-state index contributed by atoms with van der Waals surface area (Å²) in [6.07, 6.45) is 2.33. The zero-order chi connectivity index (χ0) is 16.8. The Kier molecular flexibility index (Phi) is 5.39. The highest BCUT2D eigenvalue weighted by atomic mass is 16.2. The fraction of sp³-hybridized carbons (Fsp3) is 0.300. The quantitative estimate of drug-likeness (QED) is 0.679. The normalized spacial score (nSPS) is 15.7. The second kappa shape index (κ2) is 7.88. The molecule has 124 valence electrons. The molecule has 2 aromatic carbocycles. The molecule has 0 saturated carbocycles. The van der Waals surface area contributed by atoms with E-state index in [2.05, 4.69) is 15.4 Å².